The van der Waals surface area contributed by atoms with Crippen molar-refractivity contribution >= 4 is 72.3 Å². The summed E-state index contributed by atoms with van der Waals surface area (Å²) in [5.74, 6) is -0.536. The van der Waals surface area contributed by atoms with Crippen molar-refractivity contribution in [3.8, 4) is 0 Å². The number of benzene rings is 1. The molecule has 2 aromatic rings. The first-order valence-electron chi connectivity index (χ1n) is 5.70. The van der Waals surface area contributed by atoms with E-state index < -0.39 is 0 Å². The SMILES string of the molecule is CNC(=O)c1ccc(Cl)c(NC(=O)c2cc(Br)c(Br)s2)c1. The molecule has 110 valence electrons. The molecule has 1 heterocycles. The van der Waals surface area contributed by atoms with Crippen molar-refractivity contribution in [1.82, 2.24) is 5.32 Å². The van der Waals surface area contributed by atoms with E-state index in [1.807, 2.05) is 0 Å². The molecule has 1 aromatic carbocycles. The van der Waals surface area contributed by atoms with Gasteiger partial charge in [-0.2, -0.15) is 0 Å². The van der Waals surface area contributed by atoms with E-state index in [1.54, 1.807) is 18.2 Å². The van der Waals surface area contributed by atoms with Crippen molar-refractivity contribution in [2.45, 2.75) is 0 Å². The molecule has 1 aromatic heterocycles. The lowest BCUT2D eigenvalue weighted by Crippen LogP contribution is -2.18. The Balaban J connectivity index is 2.26. The minimum Gasteiger partial charge on any atom is -0.355 e. The largest absolute Gasteiger partial charge is 0.355 e. The third kappa shape index (κ3) is 3.85. The number of hydrogen-bond donors (Lipinski definition) is 2. The molecular weight excluding hydrogens is 443 g/mol. The van der Waals surface area contributed by atoms with E-state index in [2.05, 4.69) is 42.5 Å². The van der Waals surface area contributed by atoms with Crippen LogP contribution in [0.3, 0.4) is 0 Å². The zero-order valence-corrected chi connectivity index (χ0v) is 15.4. The van der Waals surface area contributed by atoms with Crippen molar-refractivity contribution < 1.29 is 9.59 Å². The van der Waals surface area contributed by atoms with Gasteiger partial charge in [0, 0.05) is 17.1 Å². The van der Waals surface area contributed by atoms with Gasteiger partial charge < -0.3 is 10.6 Å². The maximum Gasteiger partial charge on any atom is 0.265 e. The Morgan fingerprint density at radius 1 is 1.19 bits per heavy atom. The van der Waals surface area contributed by atoms with Gasteiger partial charge in [0.1, 0.15) is 0 Å². The molecule has 21 heavy (non-hydrogen) atoms. The predicted octanol–water partition coefficient (Wildman–Crippen LogP) is 4.54. The average Bonchev–Trinajstić information content (AvgIpc) is 2.80. The molecule has 0 bridgehead atoms. The Bertz CT molecular complexity index is 699. The Kier molecular flexibility index (Phi) is 5.43. The first-order chi connectivity index (χ1) is 9.92. The van der Waals surface area contributed by atoms with Crippen LogP contribution >= 0.6 is 54.8 Å². The molecule has 0 aliphatic carbocycles. The maximum absolute atomic E-state index is 12.2. The van der Waals surface area contributed by atoms with Gasteiger partial charge in [0.05, 0.1) is 19.4 Å². The zero-order chi connectivity index (χ0) is 15.6. The molecule has 0 saturated heterocycles. The van der Waals surface area contributed by atoms with Gasteiger partial charge in [-0.25, -0.2) is 0 Å². The lowest BCUT2D eigenvalue weighted by atomic mass is 10.2. The van der Waals surface area contributed by atoms with Crippen molar-refractivity contribution in [1.29, 1.82) is 0 Å². The highest BCUT2D eigenvalue weighted by Crippen LogP contribution is 2.33. The third-order valence-electron chi connectivity index (χ3n) is 2.57. The van der Waals surface area contributed by atoms with Crippen molar-refractivity contribution in [3.05, 3.63) is 48.0 Å². The van der Waals surface area contributed by atoms with E-state index in [9.17, 15) is 9.59 Å². The van der Waals surface area contributed by atoms with Crippen LogP contribution in [0.15, 0.2) is 32.5 Å². The molecule has 0 saturated carbocycles. The fourth-order valence-corrected chi connectivity index (χ4v) is 3.64. The van der Waals surface area contributed by atoms with E-state index in [0.29, 0.717) is 21.2 Å². The normalized spacial score (nSPS) is 10.3. The molecule has 0 aliphatic rings. The van der Waals surface area contributed by atoms with Gasteiger partial charge in [-0.1, -0.05) is 11.6 Å². The van der Waals surface area contributed by atoms with E-state index in [1.165, 1.54) is 24.5 Å². The average molecular weight is 453 g/mol. The van der Waals surface area contributed by atoms with Crippen LogP contribution in [0, 0.1) is 0 Å². The number of thiophene rings is 1. The molecule has 0 unspecified atom stereocenters. The first-order valence-corrected chi connectivity index (χ1v) is 8.48. The molecule has 2 amide bonds. The Morgan fingerprint density at radius 2 is 1.90 bits per heavy atom. The summed E-state index contributed by atoms with van der Waals surface area (Å²) in [7, 11) is 1.54. The smallest absolute Gasteiger partial charge is 0.265 e. The molecule has 4 nitrogen and oxygen atoms in total. The van der Waals surface area contributed by atoms with Gasteiger partial charge in [0.2, 0.25) is 0 Å². The Labute approximate surface area is 147 Å². The third-order valence-corrected chi connectivity index (χ3v) is 6.16. The minimum atomic E-state index is -0.289. The summed E-state index contributed by atoms with van der Waals surface area (Å²) in [6, 6.07) is 6.41. The zero-order valence-electron chi connectivity index (χ0n) is 10.7. The van der Waals surface area contributed by atoms with Crippen LogP contribution in [0.5, 0.6) is 0 Å². The van der Waals surface area contributed by atoms with Gasteiger partial charge in [-0.3, -0.25) is 9.59 Å². The fourth-order valence-electron chi connectivity index (χ4n) is 1.55. The predicted molar refractivity (Wildman–Crippen MR) is 92.5 cm³/mol. The molecule has 0 aliphatic heterocycles. The van der Waals surface area contributed by atoms with Crippen molar-refractivity contribution in [3.63, 3.8) is 0 Å². The van der Waals surface area contributed by atoms with E-state index >= 15 is 0 Å². The van der Waals surface area contributed by atoms with Crippen LogP contribution in [-0.2, 0) is 0 Å². The molecule has 0 fully saturated rings. The molecule has 0 radical (unpaired) electrons. The number of carbonyl (C=O) groups is 2. The van der Waals surface area contributed by atoms with Crippen LogP contribution in [-0.4, -0.2) is 18.9 Å². The second kappa shape index (κ2) is 6.91. The molecule has 2 N–H and O–H groups in total. The van der Waals surface area contributed by atoms with Gasteiger partial charge in [0.15, 0.2) is 0 Å². The van der Waals surface area contributed by atoms with Crippen LogP contribution in [0.2, 0.25) is 5.02 Å². The first kappa shape index (κ1) is 16.5. The maximum atomic E-state index is 12.2. The molecule has 0 spiro atoms. The van der Waals surface area contributed by atoms with Gasteiger partial charge in [0.25, 0.3) is 11.8 Å². The summed E-state index contributed by atoms with van der Waals surface area (Å²) in [4.78, 5) is 24.3. The molecule has 8 heteroatoms. The highest BCUT2D eigenvalue weighted by molar-refractivity contribution is 9.13. The number of hydrogen-bond acceptors (Lipinski definition) is 3. The van der Waals surface area contributed by atoms with Gasteiger partial charge in [-0.15, -0.1) is 11.3 Å². The monoisotopic (exact) mass is 450 g/mol. The second-order valence-corrected chi connectivity index (χ2v) is 7.59. The summed E-state index contributed by atoms with van der Waals surface area (Å²) >= 11 is 14.0. The minimum absolute atomic E-state index is 0.247. The summed E-state index contributed by atoms with van der Waals surface area (Å²) in [6.07, 6.45) is 0. The summed E-state index contributed by atoms with van der Waals surface area (Å²) in [5, 5.41) is 5.59. The second-order valence-electron chi connectivity index (χ2n) is 3.96. The van der Waals surface area contributed by atoms with Crippen LogP contribution in [0.4, 0.5) is 5.69 Å². The van der Waals surface area contributed by atoms with Gasteiger partial charge >= 0.3 is 0 Å². The lowest BCUT2D eigenvalue weighted by molar-refractivity contribution is 0.0961. The highest BCUT2D eigenvalue weighted by Gasteiger charge is 2.15. The number of nitrogens with one attached hydrogen (secondary N) is 2. The molecule has 0 atom stereocenters. The van der Waals surface area contributed by atoms with Gasteiger partial charge in [-0.05, 0) is 56.1 Å². The van der Waals surface area contributed by atoms with Crippen molar-refractivity contribution in [2.24, 2.45) is 0 Å². The standard InChI is InChI=1S/C13H9Br2ClN2O2S/c1-17-12(19)6-2-3-8(16)9(4-6)18-13(20)10-5-7(14)11(15)21-10/h2-5H,1H3,(H,17,19)(H,18,20). The Morgan fingerprint density at radius 3 is 2.48 bits per heavy atom. The van der Waals surface area contributed by atoms with E-state index in [-0.39, 0.29) is 11.8 Å². The lowest BCUT2D eigenvalue weighted by Gasteiger charge is -2.08. The molecule has 2 rings (SSSR count). The summed E-state index contributed by atoms with van der Waals surface area (Å²) in [6.45, 7) is 0. The van der Waals surface area contributed by atoms with E-state index in [4.69, 9.17) is 11.6 Å². The number of halogens is 3. The number of rotatable bonds is 3. The van der Waals surface area contributed by atoms with E-state index in [0.717, 1.165) is 8.26 Å². The highest BCUT2D eigenvalue weighted by atomic mass is 79.9. The van der Waals surface area contributed by atoms with Crippen molar-refractivity contribution in [2.75, 3.05) is 12.4 Å². The fraction of sp³-hybridized carbons (Fsp3) is 0.0769. The van der Waals surface area contributed by atoms with Crippen LogP contribution in [0.1, 0.15) is 20.0 Å². The van der Waals surface area contributed by atoms with Crippen LogP contribution < -0.4 is 10.6 Å². The number of anilines is 1. The Hall–Kier alpha value is -0.890. The number of amides is 2. The number of carbonyl (C=O) groups excluding carboxylic acids is 2. The molecular formula is C13H9Br2ClN2O2S. The summed E-state index contributed by atoms with van der Waals surface area (Å²) < 4.78 is 1.64. The quantitative estimate of drug-likeness (QED) is 0.719. The topological polar surface area (TPSA) is 58.2 Å². The summed E-state index contributed by atoms with van der Waals surface area (Å²) in [5.41, 5.74) is 0.814. The van der Waals surface area contributed by atoms with Crippen LogP contribution in [0.25, 0.3) is 0 Å².